The van der Waals surface area contributed by atoms with Crippen molar-refractivity contribution in [2.75, 3.05) is 19.6 Å². The van der Waals surface area contributed by atoms with Crippen molar-refractivity contribution in [3.8, 4) is 0 Å². The van der Waals surface area contributed by atoms with Gasteiger partial charge in [-0.15, -0.1) is 23.7 Å². The molecule has 0 radical (unpaired) electrons. The van der Waals surface area contributed by atoms with Gasteiger partial charge in [-0.25, -0.2) is 0 Å². The molecule has 1 aromatic heterocycles. The van der Waals surface area contributed by atoms with Crippen LogP contribution in [0.5, 0.6) is 0 Å². The average molecular weight is 301 g/mol. The van der Waals surface area contributed by atoms with Crippen LogP contribution in [0.4, 0.5) is 0 Å². The smallest absolute Gasteiger partial charge is 0.223 e. The fraction of sp³-hybridized carbons (Fsp3) is 0.643. The molecule has 0 saturated carbocycles. The Kier molecular flexibility index (Phi) is 4.87. The van der Waals surface area contributed by atoms with Gasteiger partial charge in [-0.3, -0.25) is 4.79 Å². The molecule has 1 aromatic rings. The molecule has 106 valence electrons. The molecule has 1 N–H and O–H groups in total. The number of nitrogens with zero attached hydrogens (tertiary/aromatic N) is 1. The zero-order valence-electron chi connectivity index (χ0n) is 11.2. The molecule has 0 bridgehead atoms. The van der Waals surface area contributed by atoms with Crippen LogP contribution in [0.25, 0.3) is 0 Å². The Bertz CT molecular complexity index is 442. The number of fused-ring (bicyclic) bond motifs is 1. The summed E-state index contributed by atoms with van der Waals surface area (Å²) in [4.78, 5) is 15.9. The van der Waals surface area contributed by atoms with Crippen molar-refractivity contribution in [1.82, 2.24) is 10.2 Å². The first-order valence-corrected chi connectivity index (χ1v) is 7.70. The SMILES string of the molecule is CC1c2ccsc2CCN1C(=O)CC1CCNC1.Cl. The minimum Gasteiger partial charge on any atom is -0.336 e. The first kappa shape index (κ1) is 14.8. The van der Waals surface area contributed by atoms with E-state index < -0.39 is 0 Å². The Hall–Kier alpha value is -0.580. The molecule has 1 amide bonds. The fourth-order valence-electron chi connectivity index (χ4n) is 3.10. The van der Waals surface area contributed by atoms with Gasteiger partial charge in [0.25, 0.3) is 0 Å². The lowest BCUT2D eigenvalue weighted by atomic mass is 9.98. The Morgan fingerprint density at radius 2 is 2.42 bits per heavy atom. The summed E-state index contributed by atoms with van der Waals surface area (Å²) in [7, 11) is 0. The second-order valence-corrected chi connectivity index (χ2v) is 6.38. The first-order chi connectivity index (χ1) is 8.75. The van der Waals surface area contributed by atoms with Gasteiger partial charge in [0.1, 0.15) is 0 Å². The number of carbonyl (C=O) groups excluding carboxylic acids is 1. The van der Waals surface area contributed by atoms with E-state index in [1.165, 1.54) is 10.4 Å². The van der Waals surface area contributed by atoms with Crippen LogP contribution < -0.4 is 5.32 Å². The van der Waals surface area contributed by atoms with Gasteiger partial charge in [0.05, 0.1) is 6.04 Å². The maximum absolute atomic E-state index is 12.4. The second-order valence-electron chi connectivity index (χ2n) is 5.38. The van der Waals surface area contributed by atoms with Gasteiger partial charge in [0, 0.05) is 17.8 Å². The van der Waals surface area contributed by atoms with Gasteiger partial charge in [-0.1, -0.05) is 0 Å². The van der Waals surface area contributed by atoms with E-state index in [0.717, 1.165) is 38.9 Å². The van der Waals surface area contributed by atoms with Crippen LogP contribution in [0.15, 0.2) is 11.4 Å². The molecule has 2 aliphatic heterocycles. The van der Waals surface area contributed by atoms with E-state index in [0.29, 0.717) is 11.8 Å². The summed E-state index contributed by atoms with van der Waals surface area (Å²) >= 11 is 1.83. The largest absolute Gasteiger partial charge is 0.336 e. The molecule has 1 saturated heterocycles. The fourth-order valence-corrected chi connectivity index (χ4v) is 4.07. The summed E-state index contributed by atoms with van der Waals surface area (Å²) in [6, 6.07) is 2.45. The number of thiophene rings is 1. The Balaban J connectivity index is 0.00000133. The molecule has 0 aromatic carbocycles. The molecule has 2 unspecified atom stereocenters. The van der Waals surface area contributed by atoms with Crippen LogP contribution in [0.1, 0.15) is 36.2 Å². The summed E-state index contributed by atoms with van der Waals surface area (Å²) in [5, 5.41) is 5.48. The molecule has 1 fully saturated rings. The second kappa shape index (κ2) is 6.25. The summed E-state index contributed by atoms with van der Waals surface area (Å²) < 4.78 is 0. The monoisotopic (exact) mass is 300 g/mol. The topological polar surface area (TPSA) is 32.3 Å². The lowest BCUT2D eigenvalue weighted by Crippen LogP contribution is -2.39. The van der Waals surface area contributed by atoms with Gasteiger partial charge < -0.3 is 10.2 Å². The van der Waals surface area contributed by atoms with Crippen molar-refractivity contribution < 1.29 is 4.79 Å². The normalized spacial score (nSPS) is 25.8. The molecule has 2 aliphatic rings. The van der Waals surface area contributed by atoms with Crippen LogP contribution in [-0.4, -0.2) is 30.4 Å². The predicted octanol–water partition coefficient (Wildman–Crippen LogP) is 2.62. The highest BCUT2D eigenvalue weighted by Crippen LogP contribution is 2.33. The molecule has 3 heterocycles. The number of rotatable bonds is 2. The van der Waals surface area contributed by atoms with Crippen LogP contribution in [-0.2, 0) is 11.2 Å². The number of halogens is 1. The maximum Gasteiger partial charge on any atom is 0.223 e. The van der Waals surface area contributed by atoms with E-state index in [9.17, 15) is 4.79 Å². The van der Waals surface area contributed by atoms with Gasteiger partial charge in [0.2, 0.25) is 5.91 Å². The number of nitrogens with one attached hydrogen (secondary N) is 1. The summed E-state index contributed by atoms with van der Waals surface area (Å²) in [5.74, 6) is 0.890. The van der Waals surface area contributed by atoms with Crippen molar-refractivity contribution in [1.29, 1.82) is 0 Å². The molecule has 5 heteroatoms. The predicted molar refractivity (Wildman–Crippen MR) is 81.0 cm³/mol. The van der Waals surface area contributed by atoms with Crippen molar-refractivity contribution >= 4 is 29.7 Å². The molecule has 0 aliphatic carbocycles. The third-order valence-corrected chi connectivity index (χ3v) is 5.22. The number of carbonyl (C=O) groups is 1. The number of hydrogen-bond acceptors (Lipinski definition) is 3. The van der Waals surface area contributed by atoms with Crippen LogP contribution in [0.3, 0.4) is 0 Å². The Morgan fingerprint density at radius 1 is 1.58 bits per heavy atom. The zero-order chi connectivity index (χ0) is 12.5. The summed E-state index contributed by atoms with van der Waals surface area (Å²) in [5.41, 5.74) is 1.36. The zero-order valence-corrected chi connectivity index (χ0v) is 12.9. The maximum atomic E-state index is 12.4. The molecule has 3 rings (SSSR count). The summed E-state index contributed by atoms with van der Waals surface area (Å²) in [6.07, 6.45) is 2.90. The van der Waals surface area contributed by atoms with Crippen LogP contribution in [0, 0.1) is 5.92 Å². The van der Waals surface area contributed by atoms with Gasteiger partial charge in [-0.2, -0.15) is 0 Å². The van der Waals surface area contributed by atoms with E-state index in [2.05, 4.69) is 28.6 Å². The van der Waals surface area contributed by atoms with Gasteiger partial charge in [0.15, 0.2) is 0 Å². The highest BCUT2D eigenvalue weighted by Gasteiger charge is 2.29. The quantitative estimate of drug-likeness (QED) is 0.910. The minimum absolute atomic E-state index is 0. The highest BCUT2D eigenvalue weighted by atomic mass is 35.5. The van der Waals surface area contributed by atoms with Crippen LogP contribution >= 0.6 is 23.7 Å². The average Bonchev–Trinajstić information content (AvgIpc) is 2.99. The third kappa shape index (κ3) is 2.96. The summed E-state index contributed by atoms with van der Waals surface area (Å²) in [6.45, 7) is 5.14. The Morgan fingerprint density at radius 3 is 3.16 bits per heavy atom. The number of amides is 1. The standard InChI is InChI=1S/C14H20N2OS.ClH/c1-10-12-4-7-18-13(12)3-6-16(10)14(17)8-11-2-5-15-9-11;/h4,7,10-11,15H,2-3,5-6,8-9H2,1H3;1H. The van der Waals surface area contributed by atoms with Crippen molar-refractivity contribution in [2.45, 2.75) is 32.2 Å². The van der Waals surface area contributed by atoms with E-state index >= 15 is 0 Å². The van der Waals surface area contributed by atoms with Crippen LogP contribution in [0.2, 0.25) is 0 Å². The van der Waals surface area contributed by atoms with E-state index in [1.807, 2.05) is 11.3 Å². The van der Waals surface area contributed by atoms with Gasteiger partial charge >= 0.3 is 0 Å². The minimum atomic E-state index is 0. The molecule has 2 atom stereocenters. The number of hydrogen-bond donors (Lipinski definition) is 1. The van der Waals surface area contributed by atoms with Crippen molar-refractivity contribution in [2.24, 2.45) is 5.92 Å². The first-order valence-electron chi connectivity index (χ1n) is 6.82. The molecule has 3 nitrogen and oxygen atoms in total. The van der Waals surface area contributed by atoms with E-state index in [4.69, 9.17) is 0 Å². The lowest BCUT2D eigenvalue weighted by molar-refractivity contribution is -0.134. The van der Waals surface area contributed by atoms with E-state index in [1.54, 1.807) is 0 Å². The lowest BCUT2D eigenvalue weighted by Gasteiger charge is -2.34. The van der Waals surface area contributed by atoms with Crippen molar-refractivity contribution in [3.05, 3.63) is 21.9 Å². The van der Waals surface area contributed by atoms with Gasteiger partial charge in [-0.05, 0) is 55.8 Å². The molecule has 0 spiro atoms. The highest BCUT2D eigenvalue weighted by molar-refractivity contribution is 7.10. The molecular formula is C14H21ClN2OS. The van der Waals surface area contributed by atoms with E-state index in [-0.39, 0.29) is 18.4 Å². The van der Waals surface area contributed by atoms with Crippen molar-refractivity contribution in [3.63, 3.8) is 0 Å². The third-order valence-electron chi connectivity index (χ3n) is 4.22. The molecular weight excluding hydrogens is 280 g/mol. The Labute approximate surface area is 124 Å². The molecule has 19 heavy (non-hydrogen) atoms.